The van der Waals surface area contributed by atoms with Crippen LogP contribution in [0.1, 0.15) is 112 Å². The Labute approximate surface area is 379 Å². The number of carbonyl (C=O) groups is 7. The van der Waals surface area contributed by atoms with Gasteiger partial charge in [0.25, 0.3) is 17.7 Å². The predicted octanol–water partition coefficient (Wildman–Crippen LogP) is 4.58. The molecule has 0 bridgehead atoms. The average molecular weight is 890 g/mol. The Hall–Kier alpha value is -6.26. The molecule has 2 aromatic carbocycles. The lowest BCUT2D eigenvalue weighted by Gasteiger charge is -2.33. The van der Waals surface area contributed by atoms with Crippen molar-refractivity contribution in [2.75, 3.05) is 71.0 Å². The first-order chi connectivity index (χ1) is 31.7. The van der Waals surface area contributed by atoms with Gasteiger partial charge >= 0.3 is 0 Å². The van der Waals surface area contributed by atoms with Gasteiger partial charge in [-0.3, -0.25) is 48.8 Å². The van der Waals surface area contributed by atoms with E-state index in [2.05, 4.69) is 33.1 Å². The number of piperidine rings is 3. The molecule has 4 aliphatic heterocycles. The molecule has 344 valence electrons. The molecule has 0 saturated carbocycles. The van der Waals surface area contributed by atoms with Gasteiger partial charge in [0, 0.05) is 75.4 Å². The zero-order chi connectivity index (χ0) is 45.5. The number of anilines is 1. The van der Waals surface area contributed by atoms with Crippen LogP contribution in [0.4, 0.5) is 5.69 Å². The summed E-state index contributed by atoms with van der Waals surface area (Å²) in [5, 5.41) is 8.30. The van der Waals surface area contributed by atoms with E-state index in [9.17, 15) is 33.6 Å². The van der Waals surface area contributed by atoms with E-state index in [0.29, 0.717) is 69.1 Å². The number of carbonyl (C=O) groups excluding carboxylic acids is 7. The Morgan fingerprint density at radius 2 is 1.54 bits per heavy atom. The molecular weight excluding hydrogens is 831 g/mol. The highest BCUT2D eigenvalue weighted by Gasteiger charge is 2.45. The first kappa shape index (κ1) is 46.7. The van der Waals surface area contributed by atoms with E-state index in [1.807, 2.05) is 34.1 Å². The van der Waals surface area contributed by atoms with Crippen LogP contribution in [0.2, 0.25) is 0 Å². The lowest BCUT2D eigenvalue weighted by Crippen LogP contribution is -2.54. The van der Waals surface area contributed by atoms with Crippen molar-refractivity contribution in [2.24, 2.45) is 5.92 Å². The summed E-state index contributed by atoms with van der Waals surface area (Å²) in [6, 6.07) is 15.6. The quantitative estimate of drug-likeness (QED) is 0.0817. The normalized spacial score (nSPS) is 18.3. The summed E-state index contributed by atoms with van der Waals surface area (Å²) in [5.74, 6) is -1.25. The maximum Gasteiger partial charge on any atom is 0.264 e. The molecule has 0 radical (unpaired) electrons. The molecule has 16 nitrogen and oxygen atoms in total. The van der Waals surface area contributed by atoms with E-state index in [-0.39, 0.29) is 54.7 Å². The molecule has 3 N–H and O–H groups in total. The largest absolute Gasteiger partial charge is 0.382 e. The van der Waals surface area contributed by atoms with Gasteiger partial charge in [-0.05, 0) is 97.9 Å². The van der Waals surface area contributed by atoms with Crippen LogP contribution in [0, 0.1) is 5.92 Å². The van der Waals surface area contributed by atoms with Crippen molar-refractivity contribution in [3.63, 3.8) is 0 Å². The number of rotatable bonds is 20. The predicted molar refractivity (Wildman–Crippen MR) is 242 cm³/mol. The number of hydrogen-bond acceptors (Lipinski definition) is 11. The van der Waals surface area contributed by atoms with Gasteiger partial charge < -0.3 is 29.9 Å². The molecule has 3 aromatic rings. The third kappa shape index (κ3) is 12.5. The second-order valence-corrected chi connectivity index (χ2v) is 17.0. The SMILES string of the molecule is O=C(/C=C/c1cccnc1)NCCCCC1CCN(C(=O)c2ccc(C3CCN(C(=O)CCOCCOCCNc4cccc5c4C(=O)N(C4CCC(=O)NC4=O)C5=O)CC3)cc2)CC1. The summed E-state index contributed by atoms with van der Waals surface area (Å²) in [5.41, 5.74) is 3.66. The van der Waals surface area contributed by atoms with Crippen molar-refractivity contribution in [2.45, 2.75) is 76.2 Å². The van der Waals surface area contributed by atoms with Crippen LogP contribution in [-0.2, 0) is 28.7 Å². The summed E-state index contributed by atoms with van der Waals surface area (Å²) in [6.45, 7) is 5.09. The highest BCUT2D eigenvalue weighted by Crippen LogP contribution is 2.33. The Bertz CT molecular complexity index is 2200. The van der Waals surface area contributed by atoms with Crippen molar-refractivity contribution in [3.05, 3.63) is 101 Å². The van der Waals surface area contributed by atoms with Crippen LogP contribution in [0.25, 0.3) is 6.08 Å². The maximum absolute atomic E-state index is 13.3. The van der Waals surface area contributed by atoms with Gasteiger partial charge in [0.1, 0.15) is 6.04 Å². The molecular formula is C49H59N7O9. The smallest absolute Gasteiger partial charge is 0.264 e. The topological polar surface area (TPSA) is 197 Å². The first-order valence-electron chi connectivity index (χ1n) is 22.9. The number of aromatic nitrogens is 1. The minimum atomic E-state index is -1.03. The molecule has 4 aliphatic rings. The molecule has 3 fully saturated rings. The van der Waals surface area contributed by atoms with Crippen molar-refractivity contribution in [3.8, 4) is 0 Å². The van der Waals surface area contributed by atoms with Gasteiger partial charge in [0.15, 0.2) is 0 Å². The van der Waals surface area contributed by atoms with Gasteiger partial charge in [0.2, 0.25) is 23.6 Å². The Morgan fingerprint density at radius 1 is 0.785 bits per heavy atom. The number of nitrogens with zero attached hydrogens (tertiary/aromatic N) is 4. The highest BCUT2D eigenvalue weighted by molar-refractivity contribution is 6.25. The van der Waals surface area contributed by atoms with E-state index < -0.39 is 29.7 Å². The lowest BCUT2D eigenvalue weighted by molar-refractivity contribution is -0.136. The van der Waals surface area contributed by atoms with Crippen LogP contribution in [0.15, 0.2) is 73.1 Å². The van der Waals surface area contributed by atoms with Crippen molar-refractivity contribution >= 4 is 53.1 Å². The number of imide groups is 2. The third-order valence-electron chi connectivity index (χ3n) is 12.7. The molecule has 1 atom stereocenters. The van der Waals surface area contributed by atoms with Gasteiger partial charge in [0.05, 0.1) is 44.0 Å². The minimum absolute atomic E-state index is 0.0541. The zero-order valence-electron chi connectivity index (χ0n) is 36.8. The molecule has 1 aromatic heterocycles. The summed E-state index contributed by atoms with van der Waals surface area (Å²) < 4.78 is 11.3. The van der Waals surface area contributed by atoms with Crippen LogP contribution >= 0.6 is 0 Å². The fraction of sp³-hybridized carbons (Fsp3) is 0.469. The number of benzene rings is 2. The third-order valence-corrected chi connectivity index (χ3v) is 12.7. The standard InChI is InChI=1S/C49H59N7O9/c57-42(15-9-35-6-4-22-50-33-35)52-23-2-1-5-34-17-25-55(26-18-34)47(61)38-12-10-36(11-13-38)37-19-27-54(28-20-37)44(59)21-29-64-31-32-65-30-24-51-40-8-3-7-39-45(40)49(63)56(48(39)62)41-14-16-43(58)53-46(41)60/h3-4,6-13,15,22,33-34,37,41,51H,1-2,5,14,16-21,23-32H2,(H,52,57)(H,53,58,60)/b15-9+. The van der Waals surface area contributed by atoms with Gasteiger partial charge in [-0.25, -0.2) is 0 Å². The lowest BCUT2D eigenvalue weighted by atomic mass is 9.88. The Balaban J connectivity index is 0.711. The molecule has 16 heteroatoms. The molecule has 0 aliphatic carbocycles. The van der Waals surface area contributed by atoms with Crippen molar-refractivity contribution in [1.29, 1.82) is 0 Å². The molecule has 65 heavy (non-hydrogen) atoms. The monoisotopic (exact) mass is 889 g/mol. The van der Waals surface area contributed by atoms with E-state index in [1.165, 1.54) is 11.6 Å². The average Bonchev–Trinajstić information content (AvgIpc) is 3.59. The van der Waals surface area contributed by atoms with E-state index in [1.54, 1.807) is 36.7 Å². The van der Waals surface area contributed by atoms with Gasteiger partial charge in [-0.2, -0.15) is 0 Å². The van der Waals surface area contributed by atoms with E-state index in [4.69, 9.17) is 9.47 Å². The fourth-order valence-electron chi connectivity index (χ4n) is 9.00. The summed E-state index contributed by atoms with van der Waals surface area (Å²) in [7, 11) is 0. The second-order valence-electron chi connectivity index (χ2n) is 17.0. The molecule has 5 heterocycles. The number of pyridine rings is 1. The van der Waals surface area contributed by atoms with Crippen molar-refractivity contribution < 1.29 is 43.0 Å². The number of unbranched alkanes of at least 4 members (excludes halogenated alkanes) is 1. The Morgan fingerprint density at radius 3 is 2.28 bits per heavy atom. The Kier molecular flexibility index (Phi) is 16.6. The molecule has 0 spiro atoms. The number of fused-ring (bicyclic) bond motifs is 1. The fourth-order valence-corrected chi connectivity index (χ4v) is 9.00. The zero-order valence-corrected chi connectivity index (χ0v) is 36.8. The summed E-state index contributed by atoms with van der Waals surface area (Å²) >= 11 is 0. The van der Waals surface area contributed by atoms with Gasteiger partial charge in [-0.1, -0.05) is 37.1 Å². The number of ether oxygens (including phenoxy) is 2. The number of amides is 7. The summed E-state index contributed by atoms with van der Waals surface area (Å²) in [4.78, 5) is 97.5. The number of hydrogen-bond donors (Lipinski definition) is 3. The number of nitrogens with one attached hydrogen (secondary N) is 3. The van der Waals surface area contributed by atoms with E-state index in [0.717, 1.165) is 68.5 Å². The minimum Gasteiger partial charge on any atom is -0.382 e. The maximum atomic E-state index is 13.3. The van der Waals surface area contributed by atoms with Crippen LogP contribution in [0.5, 0.6) is 0 Å². The second kappa shape index (κ2) is 23.1. The highest BCUT2D eigenvalue weighted by atomic mass is 16.5. The molecule has 7 amide bonds. The molecule has 7 rings (SSSR count). The van der Waals surface area contributed by atoms with Gasteiger partial charge in [-0.15, -0.1) is 0 Å². The van der Waals surface area contributed by atoms with Crippen molar-refractivity contribution in [1.82, 2.24) is 30.3 Å². The van der Waals surface area contributed by atoms with Crippen LogP contribution in [-0.4, -0.2) is 133 Å². The molecule has 1 unspecified atom stereocenters. The van der Waals surface area contributed by atoms with E-state index >= 15 is 0 Å². The van der Waals surface area contributed by atoms with Crippen LogP contribution < -0.4 is 16.0 Å². The first-order valence-corrected chi connectivity index (χ1v) is 22.9. The van der Waals surface area contributed by atoms with Crippen LogP contribution in [0.3, 0.4) is 0 Å². The number of likely N-dealkylation sites (tertiary alicyclic amines) is 2. The molecule has 3 saturated heterocycles. The summed E-state index contributed by atoms with van der Waals surface area (Å²) in [6.07, 6.45) is 13.9.